The van der Waals surface area contributed by atoms with Crippen LogP contribution in [0.2, 0.25) is 0 Å². The van der Waals surface area contributed by atoms with Gasteiger partial charge in [0.15, 0.2) is 10.7 Å². The molecular formula is C29H29F2N3O4S. The van der Waals surface area contributed by atoms with Crippen molar-refractivity contribution in [3.63, 3.8) is 0 Å². The average molecular weight is 554 g/mol. The van der Waals surface area contributed by atoms with Crippen LogP contribution in [-0.4, -0.2) is 54.9 Å². The Morgan fingerprint density at radius 3 is 2.46 bits per heavy atom. The second-order valence-corrected chi connectivity index (χ2v) is 11.6. The average Bonchev–Trinajstić information content (AvgIpc) is 3.33. The van der Waals surface area contributed by atoms with Crippen LogP contribution in [0.4, 0.5) is 8.78 Å². The lowest BCUT2D eigenvalue weighted by atomic mass is 9.94. The minimum absolute atomic E-state index is 0.0382. The summed E-state index contributed by atoms with van der Waals surface area (Å²) < 4.78 is 60.8. The van der Waals surface area contributed by atoms with E-state index in [4.69, 9.17) is 4.52 Å². The van der Waals surface area contributed by atoms with Crippen LogP contribution in [0, 0.1) is 24.5 Å². The molecule has 1 fully saturated rings. The summed E-state index contributed by atoms with van der Waals surface area (Å²) in [6, 6.07) is 13.2. The Kier molecular flexibility index (Phi) is 7.76. The van der Waals surface area contributed by atoms with E-state index in [1.165, 1.54) is 40.6 Å². The molecule has 0 atom stereocenters. The van der Waals surface area contributed by atoms with Crippen molar-refractivity contribution in [2.24, 2.45) is 5.92 Å². The van der Waals surface area contributed by atoms with Gasteiger partial charge in [-0.25, -0.2) is 17.2 Å². The summed E-state index contributed by atoms with van der Waals surface area (Å²) in [6.07, 6.45) is 6.34. The molecule has 10 heteroatoms. The highest BCUT2D eigenvalue weighted by Crippen LogP contribution is 2.31. The second-order valence-electron chi connectivity index (χ2n) is 9.77. The van der Waals surface area contributed by atoms with Crippen LogP contribution < -0.4 is 0 Å². The maximum absolute atomic E-state index is 14.0. The van der Waals surface area contributed by atoms with E-state index < -0.39 is 21.7 Å². The van der Waals surface area contributed by atoms with Crippen molar-refractivity contribution in [1.82, 2.24) is 14.4 Å². The molecule has 5 rings (SSSR count). The summed E-state index contributed by atoms with van der Waals surface area (Å²) in [4.78, 5) is 15.0. The van der Waals surface area contributed by atoms with Crippen LogP contribution in [-0.2, 0) is 14.8 Å². The minimum Gasteiger partial charge on any atom is -0.355 e. The van der Waals surface area contributed by atoms with Gasteiger partial charge in [-0.3, -0.25) is 4.79 Å². The first-order valence-corrected chi connectivity index (χ1v) is 14.3. The van der Waals surface area contributed by atoms with E-state index in [0.717, 1.165) is 18.6 Å². The van der Waals surface area contributed by atoms with E-state index in [0.29, 0.717) is 25.9 Å². The van der Waals surface area contributed by atoms with Gasteiger partial charge in [-0.05, 0) is 61.6 Å². The number of carbonyl (C=O) groups is 1. The summed E-state index contributed by atoms with van der Waals surface area (Å²) in [7, 11) is -3.98. The number of hydrogen-bond acceptors (Lipinski definition) is 5. The minimum atomic E-state index is -3.98. The molecule has 0 unspecified atom stereocenters. The first kappa shape index (κ1) is 27.0. The molecule has 1 saturated heterocycles. The van der Waals surface area contributed by atoms with Gasteiger partial charge < -0.3 is 9.42 Å². The van der Waals surface area contributed by atoms with E-state index in [-0.39, 0.29) is 46.8 Å². The van der Waals surface area contributed by atoms with Crippen LogP contribution >= 0.6 is 0 Å². The van der Waals surface area contributed by atoms with Crippen molar-refractivity contribution in [1.29, 1.82) is 0 Å². The SMILES string of the molecule is Cc1noc(/C=C/c2ccc(F)cc2F)c1S(=O)(=O)N1CCC(C(=O)N2CC=C(c3ccccc3)CC2)CC1. The zero-order valence-electron chi connectivity index (χ0n) is 21.5. The lowest BCUT2D eigenvalue weighted by Crippen LogP contribution is -2.45. The van der Waals surface area contributed by atoms with Crippen LogP contribution in [0.15, 0.2) is 64.0 Å². The molecule has 204 valence electrons. The molecule has 0 radical (unpaired) electrons. The third kappa shape index (κ3) is 5.72. The fourth-order valence-electron chi connectivity index (χ4n) is 5.12. The van der Waals surface area contributed by atoms with Crippen molar-refractivity contribution in [2.75, 3.05) is 26.2 Å². The van der Waals surface area contributed by atoms with Crippen LogP contribution in [0.5, 0.6) is 0 Å². The standard InChI is InChI=1S/C29H29F2N3O4S/c1-20-28(27(38-32-20)10-8-23-7-9-25(30)19-26(23)31)39(36,37)34-17-13-24(14-18-34)29(35)33-15-11-22(12-16-33)21-5-3-2-4-6-21/h2-11,19,24H,12-18H2,1H3/b10-8+. The summed E-state index contributed by atoms with van der Waals surface area (Å²) in [5.74, 6) is -1.71. The molecule has 0 aliphatic carbocycles. The molecule has 1 aromatic heterocycles. The van der Waals surface area contributed by atoms with Gasteiger partial charge in [-0.15, -0.1) is 0 Å². The van der Waals surface area contributed by atoms with E-state index in [9.17, 15) is 22.0 Å². The van der Waals surface area contributed by atoms with Gasteiger partial charge in [-0.2, -0.15) is 4.31 Å². The molecule has 0 spiro atoms. The normalized spacial score (nSPS) is 17.5. The number of carbonyl (C=O) groups excluding carboxylic acids is 1. The van der Waals surface area contributed by atoms with Gasteiger partial charge in [0.1, 0.15) is 17.3 Å². The second kappa shape index (κ2) is 11.2. The Balaban J connectivity index is 1.24. The molecule has 3 aromatic rings. The van der Waals surface area contributed by atoms with Crippen LogP contribution in [0.3, 0.4) is 0 Å². The monoisotopic (exact) mass is 553 g/mol. The van der Waals surface area contributed by atoms with Crippen molar-refractivity contribution >= 4 is 33.7 Å². The number of amides is 1. The summed E-state index contributed by atoms with van der Waals surface area (Å²) in [5.41, 5.74) is 2.67. The van der Waals surface area contributed by atoms with Gasteiger partial charge in [0.2, 0.25) is 15.9 Å². The third-order valence-electron chi connectivity index (χ3n) is 7.28. The quantitative estimate of drug-likeness (QED) is 0.422. The number of aromatic nitrogens is 1. The summed E-state index contributed by atoms with van der Waals surface area (Å²) in [6.45, 7) is 3.10. The van der Waals surface area contributed by atoms with Crippen molar-refractivity contribution in [3.8, 4) is 0 Å². The Labute approximate surface area is 226 Å². The van der Waals surface area contributed by atoms with Crippen molar-refractivity contribution in [3.05, 3.63) is 88.8 Å². The number of halogens is 2. The molecule has 2 aliphatic heterocycles. The third-order valence-corrected chi connectivity index (χ3v) is 9.33. The highest BCUT2D eigenvalue weighted by Gasteiger charge is 2.37. The molecule has 3 heterocycles. The predicted molar refractivity (Wildman–Crippen MR) is 144 cm³/mol. The van der Waals surface area contributed by atoms with E-state index in [2.05, 4.69) is 23.4 Å². The van der Waals surface area contributed by atoms with Crippen molar-refractivity contribution < 1.29 is 26.5 Å². The topological polar surface area (TPSA) is 83.7 Å². The van der Waals surface area contributed by atoms with Gasteiger partial charge in [0.25, 0.3) is 0 Å². The van der Waals surface area contributed by atoms with Crippen LogP contribution in [0.1, 0.15) is 41.8 Å². The number of hydrogen-bond donors (Lipinski definition) is 0. The van der Waals surface area contributed by atoms with E-state index in [1.807, 2.05) is 23.1 Å². The Hall–Kier alpha value is -3.63. The van der Waals surface area contributed by atoms with Crippen LogP contribution in [0.25, 0.3) is 17.7 Å². The molecule has 2 aromatic carbocycles. The largest absolute Gasteiger partial charge is 0.355 e. The predicted octanol–water partition coefficient (Wildman–Crippen LogP) is 5.15. The lowest BCUT2D eigenvalue weighted by Gasteiger charge is -2.34. The number of rotatable bonds is 6. The first-order chi connectivity index (χ1) is 18.7. The zero-order valence-corrected chi connectivity index (χ0v) is 22.3. The van der Waals surface area contributed by atoms with Gasteiger partial charge in [-0.1, -0.05) is 41.6 Å². The van der Waals surface area contributed by atoms with Crippen molar-refractivity contribution in [2.45, 2.75) is 31.1 Å². The molecular weight excluding hydrogens is 524 g/mol. The first-order valence-electron chi connectivity index (χ1n) is 12.9. The zero-order chi connectivity index (χ0) is 27.6. The molecule has 0 bridgehead atoms. The smallest absolute Gasteiger partial charge is 0.248 e. The van der Waals surface area contributed by atoms with E-state index in [1.54, 1.807) is 0 Å². The lowest BCUT2D eigenvalue weighted by molar-refractivity contribution is -0.136. The number of piperidine rings is 1. The van der Waals surface area contributed by atoms with E-state index >= 15 is 0 Å². The molecule has 7 nitrogen and oxygen atoms in total. The summed E-state index contributed by atoms with van der Waals surface area (Å²) in [5, 5.41) is 3.81. The summed E-state index contributed by atoms with van der Waals surface area (Å²) >= 11 is 0. The maximum Gasteiger partial charge on any atom is 0.248 e. The fraction of sp³-hybridized carbons (Fsp3) is 0.310. The van der Waals surface area contributed by atoms with Gasteiger partial charge in [0.05, 0.1) is 0 Å². The molecule has 2 aliphatic rings. The molecule has 0 N–H and O–H groups in total. The number of benzene rings is 2. The highest BCUT2D eigenvalue weighted by molar-refractivity contribution is 7.89. The number of aryl methyl sites for hydroxylation is 1. The molecule has 1 amide bonds. The Morgan fingerprint density at radius 1 is 1.05 bits per heavy atom. The highest BCUT2D eigenvalue weighted by atomic mass is 32.2. The Morgan fingerprint density at radius 2 is 1.79 bits per heavy atom. The van der Waals surface area contributed by atoms with Gasteiger partial charge >= 0.3 is 0 Å². The number of nitrogens with zero attached hydrogens (tertiary/aromatic N) is 3. The van der Waals surface area contributed by atoms with Gasteiger partial charge in [0, 0.05) is 43.7 Å². The number of sulfonamides is 1. The maximum atomic E-state index is 14.0. The fourth-order valence-corrected chi connectivity index (χ4v) is 6.83. The molecule has 0 saturated carbocycles. The molecule has 39 heavy (non-hydrogen) atoms. The Bertz CT molecular complexity index is 1530.